The van der Waals surface area contributed by atoms with Crippen LogP contribution in [0.5, 0.6) is 0 Å². The van der Waals surface area contributed by atoms with Gasteiger partial charge in [-0.25, -0.2) is 0 Å². The highest BCUT2D eigenvalue weighted by Gasteiger charge is 2.11. The van der Waals surface area contributed by atoms with Crippen LogP contribution in [0.25, 0.3) is 0 Å². The largest absolute Gasteiger partial charge is 0.383 e. The van der Waals surface area contributed by atoms with Crippen molar-refractivity contribution in [1.82, 2.24) is 9.88 Å². The van der Waals surface area contributed by atoms with Crippen molar-refractivity contribution >= 4 is 11.6 Å². The van der Waals surface area contributed by atoms with E-state index in [0.29, 0.717) is 18.8 Å². The molecule has 0 radical (unpaired) electrons. The minimum atomic E-state index is -0.142. The lowest BCUT2D eigenvalue weighted by molar-refractivity contribution is -0.115. The molecule has 112 valence electrons. The fraction of sp³-hybridized carbons (Fsp3) is 0.571. The molecule has 0 saturated heterocycles. The second-order valence-corrected chi connectivity index (χ2v) is 5.59. The average molecular weight is 281 g/mol. The maximum absolute atomic E-state index is 11.8. The van der Waals surface area contributed by atoms with Gasteiger partial charge in [0.2, 0.25) is 5.91 Å². The summed E-state index contributed by atoms with van der Waals surface area (Å²) in [6, 6.07) is 3.03. The molecular weight excluding hydrogens is 258 g/mol. The summed E-state index contributed by atoms with van der Waals surface area (Å²) in [6.07, 6.45) is 1.62. The molecule has 1 rings (SSSR count). The van der Waals surface area contributed by atoms with Gasteiger partial charge in [0.15, 0.2) is 0 Å². The number of rotatable bonds is 6. The van der Waals surface area contributed by atoms with Gasteiger partial charge in [-0.15, -0.1) is 0 Å². The van der Waals surface area contributed by atoms with Crippen LogP contribution in [0, 0.1) is 0 Å². The number of anilines is 1. The van der Waals surface area contributed by atoms with Crippen molar-refractivity contribution in [2.24, 2.45) is 0 Å². The minimum absolute atomic E-state index is 0.116. The average Bonchev–Trinajstić information content (AvgIpc) is 2.36. The molecule has 2 N–H and O–H groups in total. The lowest BCUT2D eigenvalue weighted by Crippen LogP contribution is -2.41. The van der Waals surface area contributed by atoms with Crippen LogP contribution in [0.1, 0.15) is 20.8 Å². The maximum atomic E-state index is 11.8. The zero-order valence-electron chi connectivity index (χ0n) is 12.5. The van der Waals surface area contributed by atoms with Crippen molar-refractivity contribution in [1.29, 1.82) is 0 Å². The van der Waals surface area contributed by atoms with E-state index in [4.69, 9.17) is 4.74 Å². The Kier molecular flexibility index (Phi) is 5.91. The van der Waals surface area contributed by atoms with E-state index >= 15 is 0 Å². The van der Waals surface area contributed by atoms with Crippen LogP contribution in [-0.4, -0.2) is 36.3 Å². The highest BCUT2D eigenvalue weighted by Crippen LogP contribution is 2.03. The predicted molar refractivity (Wildman–Crippen MR) is 79.0 cm³/mol. The third-order valence-electron chi connectivity index (χ3n) is 2.58. The molecule has 0 bridgehead atoms. The first-order valence-corrected chi connectivity index (χ1v) is 6.56. The van der Waals surface area contributed by atoms with Crippen molar-refractivity contribution in [2.75, 3.05) is 25.6 Å². The molecule has 1 amide bonds. The first kappa shape index (κ1) is 16.4. The van der Waals surface area contributed by atoms with Crippen molar-refractivity contribution < 1.29 is 9.53 Å². The summed E-state index contributed by atoms with van der Waals surface area (Å²) >= 11 is 0. The summed E-state index contributed by atoms with van der Waals surface area (Å²) in [5.41, 5.74) is 0.364. The van der Waals surface area contributed by atoms with Crippen molar-refractivity contribution in [3.63, 3.8) is 0 Å². The van der Waals surface area contributed by atoms with Gasteiger partial charge in [-0.1, -0.05) is 0 Å². The van der Waals surface area contributed by atoms with Gasteiger partial charge >= 0.3 is 0 Å². The van der Waals surface area contributed by atoms with E-state index in [2.05, 4.69) is 10.6 Å². The molecule has 0 aliphatic rings. The molecule has 1 aromatic heterocycles. The van der Waals surface area contributed by atoms with Crippen LogP contribution in [0.2, 0.25) is 0 Å². The summed E-state index contributed by atoms with van der Waals surface area (Å²) in [7, 11) is 1.58. The van der Waals surface area contributed by atoms with Crippen molar-refractivity contribution in [3.05, 3.63) is 28.7 Å². The van der Waals surface area contributed by atoms with Gasteiger partial charge in [0.1, 0.15) is 0 Å². The molecule has 1 heterocycles. The number of carbonyl (C=O) groups excluding carboxylic acids is 1. The number of carbonyl (C=O) groups is 1. The molecule has 0 saturated carbocycles. The Labute approximate surface area is 119 Å². The van der Waals surface area contributed by atoms with Crippen molar-refractivity contribution in [2.45, 2.75) is 32.9 Å². The SMILES string of the molecule is COCCn1cc(NC(=O)CNC(C)(C)C)ccc1=O. The van der Waals surface area contributed by atoms with Gasteiger partial charge in [-0.2, -0.15) is 0 Å². The normalized spacial score (nSPS) is 11.4. The summed E-state index contributed by atoms with van der Waals surface area (Å²) < 4.78 is 6.45. The van der Waals surface area contributed by atoms with E-state index < -0.39 is 0 Å². The summed E-state index contributed by atoms with van der Waals surface area (Å²) in [5, 5.41) is 5.86. The Morgan fingerprint density at radius 3 is 2.65 bits per heavy atom. The van der Waals surface area contributed by atoms with Gasteiger partial charge in [0.05, 0.1) is 18.8 Å². The number of nitrogens with zero attached hydrogens (tertiary/aromatic N) is 1. The molecule has 0 fully saturated rings. The van der Waals surface area contributed by atoms with E-state index in [-0.39, 0.29) is 23.6 Å². The summed E-state index contributed by atoms with van der Waals surface area (Å²) in [6.45, 7) is 7.10. The molecule has 0 spiro atoms. The van der Waals surface area contributed by atoms with Crippen LogP contribution in [0.4, 0.5) is 5.69 Å². The van der Waals surface area contributed by atoms with Crippen LogP contribution >= 0.6 is 0 Å². The summed E-state index contributed by atoms with van der Waals surface area (Å²) in [5.74, 6) is -0.142. The Hall–Kier alpha value is -1.66. The number of hydrogen-bond donors (Lipinski definition) is 2. The standard InChI is InChI=1S/C14H23N3O3/c1-14(2,3)15-9-12(18)16-11-5-6-13(19)17(10-11)7-8-20-4/h5-6,10,15H,7-9H2,1-4H3,(H,16,18). The fourth-order valence-electron chi connectivity index (χ4n) is 1.52. The summed E-state index contributed by atoms with van der Waals surface area (Å²) in [4.78, 5) is 23.4. The van der Waals surface area contributed by atoms with E-state index in [9.17, 15) is 9.59 Å². The minimum Gasteiger partial charge on any atom is -0.383 e. The molecule has 0 aliphatic heterocycles. The van der Waals surface area contributed by atoms with Crippen LogP contribution in [-0.2, 0) is 16.1 Å². The van der Waals surface area contributed by atoms with E-state index in [0.717, 1.165) is 0 Å². The molecule has 0 aliphatic carbocycles. The first-order valence-electron chi connectivity index (χ1n) is 6.56. The van der Waals surface area contributed by atoms with E-state index in [1.54, 1.807) is 19.4 Å². The highest BCUT2D eigenvalue weighted by molar-refractivity contribution is 5.92. The number of methoxy groups -OCH3 is 1. The Morgan fingerprint density at radius 1 is 1.35 bits per heavy atom. The lowest BCUT2D eigenvalue weighted by atomic mass is 10.1. The van der Waals surface area contributed by atoms with E-state index in [1.165, 1.54) is 10.6 Å². The quantitative estimate of drug-likeness (QED) is 0.810. The first-order chi connectivity index (χ1) is 9.31. The number of pyridine rings is 1. The predicted octanol–water partition coefficient (Wildman–Crippen LogP) is 0.821. The zero-order chi connectivity index (χ0) is 15.2. The maximum Gasteiger partial charge on any atom is 0.250 e. The lowest BCUT2D eigenvalue weighted by Gasteiger charge is -2.20. The van der Waals surface area contributed by atoms with Gasteiger partial charge in [0, 0.05) is 31.5 Å². The smallest absolute Gasteiger partial charge is 0.250 e. The number of ether oxygens (including phenoxy) is 1. The third kappa shape index (κ3) is 5.99. The van der Waals surface area contributed by atoms with Gasteiger partial charge in [0.25, 0.3) is 5.56 Å². The molecule has 6 heteroatoms. The molecule has 0 unspecified atom stereocenters. The van der Waals surface area contributed by atoms with Crippen molar-refractivity contribution in [3.8, 4) is 0 Å². The number of hydrogen-bond acceptors (Lipinski definition) is 4. The molecule has 20 heavy (non-hydrogen) atoms. The Balaban J connectivity index is 2.63. The van der Waals surface area contributed by atoms with E-state index in [1.807, 2.05) is 20.8 Å². The number of amides is 1. The topological polar surface area (TPSA) is 72.4 Å². The molecule has 6 nitrogen and oxygen atoms in total. The van der Waals surface area contributed by atoms with Gasteiger partial charge in [-0.3, -0.25) is 9.59 Å². The molecule has 1 aromatic rings. The van der Waals surface area contributed by atoms with Crippen LogP contribution in [0.3, 0.4) is 0 Å². The van der Waals surface area contributed by atoms with Gasteiger partial charge < -0.3 is 19.9 Å². The fourth-order valence-corrected chi connectivity index (χ4v) is 1.52. The van der Waals surface area contributed by atoms with Gasteiger partial charge in [-0.05, 0) is 26.8 Å². The molecule has 0 aromatic carbocycles. The Morgan fingerprint density at radius 2 is 2.05 bits per heavy atom. The molecular formula is C14H23N3O3. The molecule has 0 atom stereocenters. The second-order valence-electron chi connectivity index (χ2n) is 5.59. The third-order valence-corrected chi connectivity index (χ3v) is 2.58. The monoisotopic (exact) mass is 281 g/mol. The number of nitrogens with one attached hydrogen (secondary N) is 2. The van der Waals surface area contributed by atoms with Crippen LogP contribution < -0.4 is 16.2 Å². The zero-order valence-corrected chi connectivity index (χ0v) is 12.5. The van der Waals surface area contributed by atoms with Crippen LogP contribution in [0.15, 0.2) is 23.1 Å². The highest BCUT2D eigenvalue weighted by atomic mass is 16.5. The second kappa shape index (κ2) is 7.21. The Bertz CT molecular complexity index is 503. The number of aromatic nitrogens is 1.